The topological polar surface area (TPSA) is 91.5 Å². The first-order valence-corrected chi connectivity index (χ1v) is 7.73. The number of hydrogen-bond acceptors (Lipinski definition) is 4. The van der Waals surface area contributed by atoms with Crippen molar-refractivity contribution in [2.45, 2.75) is 38.1 Å². The molecule has 0 radical (unpaired) electrons. The van der Waals surface area contributed by atoms with E-state index in [4.69, 9.17) is 4.74 Å². The lowest BCUT2D eigenvalue weighted by molar-refractivity contribution is -0.120. The molecule has 1 aliphatic carbocycles. The summed E-state index contributed by atoms with van der Waals surface area (Å²) in [7, 11) is 1.65. The molecule has 1 aliphatic rings. The van der Waals surface area contributed by atoms with E-state index in [-0.39, 0.29) is 24.5 Å². The van der Waals surface area contributed by atoms with E-state index in [2.05, 4.69) is 21.3 Å². The summed E-state index contributed by atoms with van der Waals surface area (Å²) in [6, 6.07) is 0.00191. The number of hydrogen-bond donors (Lipinski definition) is 4. The molecule has 122 valence electrons. The van der Waals surface area contributed by atoms with Crippen LogP contribution in [0, 0.1) is 0 Å². The summed E-state index contributed by atoms with van der Waals surface area (Å²) in [5, 5.41) is 11.4. The van der Waals surface area contributed by atoms with E-state index in [1.54, 1.807) is 7.11 Å². The summed E-state index contributed by atoms with van der Waals surface area (Å²) in [4.78, 5) is 23.2. The lowest BCUT2D eigenvalue weighted by atomic mass is 9.96. The van der Waals surface area contributed by atoms with Crippen LogP contribution in [0.25, 0.3) is 0 Å². The van der Waals surface area contributed by atoms with E-state index in [0.717, 1.165) is 19.4 Å². The van der Waals surface area contributed by atoms with Crippen molar-refractivity contribution < 1.29 is 14.3 Å². The number of urea groups is 1. The summed E-state index contributed by atoms with van der Waals surface area (Å²) in [5.41, 5.74) is 0. The maximum Gasteiger partial charge on any atom is 0.315 e. The van der Waals surface area contributed by atoms with Crippen molar-refractivity contribution in [1.29, 1.82) is 0 Å². The molecular weight excluding hydrogens is 272 g/mol. The van der Waals surface area contributed by atoms with Crippen molar-refractivity contribution in [3.63, 3.8) is 0 Å². The van der Waals surface area contributed by atoms with Gasteiger partial charge in [0.05, 0.1) is 13.2 Å². The van der Waals surface area contributed by atoms with E-state index in [1.165, 1.54) is 19.3 Å². The first-order chi connectivity index (χ1) is 10.2. The van der Waals surface area contributed by atoms with Crippen LogP contribution in [0.5, 0.6) is 0 Å². The highest BCUT2D eigenvalue weighted by molar-refractivity contribution is 5.83. The molecule has 0 aromatic rings. The molecular formula is C14H28N4O3. The average Bonchev–Trinajstić information content (AvgIpc) is 2.50. The molecule has 0 heterocycles. The largest absolute Gasteiger partial charge is 0.383 e. The van der Waals surface area contributed by atoms with Gasteiger partial charge in [0.1, 0.15) is 0 Å². The van der Waals surface area contributed by atoms with Crippen LogP contribution in [0.4, 0.5) is 4.79 Å². The van der Waals surface area contributed by atoms with E-state index in [0.29, 0.717) is 19.7 Å². The van der Waals surface area contributed by atoms with Crippen molar-refractivity contribution in [2.24, 2.45) is 0 Å². The van der Waals surface area contributed by atoms with Gasteiger partial charge in [0, 0.05) is 32.8 Å². The third-order valence-electron chi connectivity index (χ3n) is 3.46. The van der Waals surface area contributed by atoms with E-state index < -0.39 is 0 Å². The van der Waals surface area contributed by atoms with Crippen LogP contribution in [0.15, 0.2) is 0 Å². The lowest BCUT2D eigenvalue weighted by Gasteiger charge is -2.22. The number of carbonyl (C=O) groups is 2. The predicted octanol–water partition coefficient (Wildman–Crippen LogP) is -0.0295. The van der Waals surface area contributed by atoms with Crippen LogP contribution in [0.2, 0.25) is 0 Å². The van der Waals surface area contributed by atoms with Gasteiger partial charge in [0.2, 0.25) is 5.91 Å². The Labute approximate surface area is 126 Å². The Hall–Kier alpha value is -1.34. The second-order valence-corrected chi connectivity index (χ2v) is 5.25. The Morgan fingerprint density at radius 1 is 1.05 bits per heavy atom. The number of nitrogens with one attached hydrogen (secondary N) is 4. The molecule has 3 amide bonds. The fraction of sp³-hybridized carbons (Fsp3) is 0.857. The highest BCUT2D eigenvalue weighted by atomic mass is 16.5. The molecule has 0 saturated heterocycles. The van der Waals surface area contributed by atoms with E-state index in [1.807, 2.05) is 0 Å². The van der Waals surface area contributed by atoms with Gasteiger partial charge in [0.15, 0.2) is 0 Å². The Bertz CT molecular complexity index is 307. The zero-order chi connectivity index (χ0) is 15.3. The molecule has 21 heavy (non-hydrogen) atoms. The smallest absolute Gasteiger partial charge is 0.315 e. The highest BCUT2D eigenvalue weighted by Gasteiger charge is 2.15. The highest BCUT2D eigenvalue weighted by Crippen LogP contribution is 2.16. The summed E-state index contributed by atoms with van der Waals surface area (Å²) >= 11 is 0. The standard InChI is InChI=1S/C14H28N4O3/c1-21-10-9-15-7-8-16-13(19)11-17-14(20)18-12-5-3-2-4-6-12/h12,15H,2-11H2,1H3,(H,16,19)(H2,17,18,20). The molecule has 0 spiro atoms. The predicted molar refractivity (Wildman–Crippen MR) is 81.2 cm³/mol. The minimum Gasteiger partial charge on any atom is -0.383 e. The maximum atomic E-state index is 11.6. The van der Waals surface area contributed by atoms with Crippen molar-refractivity contribution >= 4 is 11.9 Å². The second kappa shape index (κ2) is 11.3. The second-order valence-electron chi connectivity index (χ2n) is 5.25. The molecule has 0 unspecified atom stereocenters. The summed E-state index contributed by atoms with van der Waals surface area (Å²) in [6.45, 7) is 2.64. The van der Waals surface area contributed by atoms with Crippen LogP contribution in [0.1, 0.15) is 32.1 Å². The number of methoxy groups -OCH3 is 1. The molecule has 7 nitrogen and oxygen atoms in total. The van der Waals surface area contributed by atoms with Crippen LogP contribution < -0.4 is 21.3 Å². The van der Waals surface area contributed by atoms with E-state index in [9.17, 15) is 9.59 Å². The normalized spacial score (nSPS) is 15.5. The molecule has 0 aromatic heterocycles. The van der Waals surface area contributed by atoms with Crippen LogP contribution >= 0.6 is 0 Å². The Morgan fingerprint density at radius 2 is 1.81 bits per heavy atom. The Kier molecular flexibility index (Phi) is 9.56. The molecule has 0 aromatic carbocycles. The monoisotopic (exact) mass is 300 g/mol. The number of amides is 3. The van der Waals surface area contributed by atoms with Gasteiger partial charge in [-0.25, -0.2) is 4.79 Å². The third kappa shape index (κ3) is 9.25. The molecule has 1 fully saturated rings. The Balaban J connectivity index is 1.97. The molecule has 1 rings (SSSR count). The minimum absolute atomic E-state index is 0.0105. The summed E-state index contributed by atoms with van der Waals surface area (Å²) in [6.07, 6.45) is 5.66. The zero-order valence-corrected chi connectivity index (χ0v) is 12.9. The molecule has 0 bridgehead atoms. The number of carbonyl (C=O) groups excluding carboxylic acids is 2. The van der Waals surface area contributed by atoms with Gasteiger partial charge in [-0.05, 0) is 12.8 Å². The zero-order valence-electron chi connectivity index (χ0n) is 12.9. The lowest BCUT2D eigenvalue weighted by Crippen LogP contribution is -2.46. The SMILES string of the molecule is COCCNCCNC(=O)CNC(=O)NC1CCCCC1. The fourth-order valence-corrected chi connectivity index (χ4v) is 2.30. The van der Waals surface area contributed by atoms with Crippen LogP contribution in [-0.4, -0.2) is 57.9 Å². The molecule has 0 atom stereocenters. The maximum absolute atomic E-state index is 11.6. The first kappa shape index (κ1) is 17.7. The summed E-state index contributed by atoms with van der Waals surface area (Å²) < 4.78 is 4.89. The van der Waals surface area contributed by atoms with Crippen molar-refractivity contribution in [3.05, 3.63) is 0 Å². The van der Waals surface area contributed by atoms with Crippen molar-refractivity contribution in [3.8, 4) is 0 Å². The average molecular weight is 300 g/mol. The van der Waals surface area contributed by atoms with Crippen LogP contribution in [-0.2, 0) is 9.53 Å². The number of rotatable bonds is 9. The van der Waals surface area contributed by atoms with Crippen LogP contribution in [0.3, 0.4) is 0 Å². The van der Waals surface area contributed by atoms with Crippen molar-refractivity contribution in [2.75, 3.05) is 39.9 Å². The van der Waals surface area contributed by atoms with Gasteiger partial charge in [-0.2, -0.15) is 0 Å². The van der Waals surface area contributed by atoms with Gasteiger partial charge in [-0.15, -0.1) is 0 Å². The van der Waals surface area contributed by atoms with E-state index >= 15 is 0 Å². The minimum atomic E-state index is -0.254. The molecule has 1 saturated carbocycles. The van der Waals surface area contributed by atoms with Gasteiger partial charge in [-0.1, -0.05) is 19.3 Å². The van der Waals surface area contributed by atoms with Gasteiger partial charge in [-0.3, -0.25) is 4.79 Å². The van der Waals surface area contributed by atoms with Crippen molar-refractivity contribution in [1.82, 2.24) is 21.3 Å². The third-order valence-corrected chi connectivity index (χ3v) is 3.46. The first-order valence-electron chi connectivity index (χ1n) is 7.73. The van der Waals surface area contributed by atoms with Gasteiger partial charge >= 0.3 is 6.03 Å². The molecule has 7 heteroatoms. The number of ether oxygens (including phenoxy) is 1. The fourth-order valence-electron chi connectivity index (χ4n) is 2.30. The van der Waals surface area contributed by atoms with Gasteiger partial charge < -0.3 is 26.0 Å². The molecule has 4 N–H and O–H groups in total. The summed E-state index contributed by atoms with van der Waals surface area (Å²) in [5.74, 6) is -0.178. The Morgan fingerprint density at radius 3 is 2.52 bits per heavy atom. The molecule has 0 aliphatic heterocycles. The van der Waals surface area contributed by atoms with Gasteiger partial charge in [0.25, 0.3) is 0 Å². The quantitative estimate of drug-likeness (QED) is 0.450.